The molecule has 182 valence electrons. The molecule has 6 heteroatoms. The fraction of sp³-hybridized carbons (Fsp3) is 0.200. The molecule has 1 aromatic heterocycles. The van der Waals surface area contributed by atoms with Crippen LogP contribution < -0.4 is 9.47 Å². The lowest BCUT2D eigenvalue weighted by molar-refractivity contribution is 0.286. The number of hydrogen-bond donors (Lipinski definition) is 0. The second kappa shape index (κ2) is 11.3. The number of furan rings is 1. The van der Waals surface area contributed by atoms with E-state index in [9.17, 15) is 5.26 Å². The lowest BCUT2D eigenvalue weighted by Crippen LogP contribution is -2.00. The summed E-state index contributed by atoms with van der Waals surface area (Å²) in [6.45, 7) is 8.94. The highest BCUT2D eigenvalue weighted by Crippen LogP contribution is 2.43. The van der Waals surface area contributed by atoms with Crippen LogP contribution in [-0.2, 0) is 0 Å². The molecule has 4 rings (SSSR count). The number of aliphatic imine (C=N–C) groups is 1. The van der Waals surface area contributed by atoms with Gasteiger partial charge in [-0.25, -0.2) is 4.99 Å². The van der Waals surface area contributed by atoms with Gasteiger partial charge in [-0.3, -0.25) is 0 Å². The van der Waals surface area contributed by atoms with E-state index in [1.807, 2.05) is 88.4 Å². The molecule has 0 spiro atoms. The Kier molecular flexibility index (Phi) is 7.92. The molecule has 36 heavy (non-hydrogen) atoms. The first-order valence-electron chi connectivity index (χ1n) is 11.8. The first-order valence-corrected chi connectivity index (χ1v) is 12.6. The van der Waals surface area contributed by atoms with Gasteiger partial charge in [0.1, 0.15) is 17.4 Å². The molecule has 0 saturated carbocycles. The zero-order valence-corrected chi connectivity index (χ0v) is 22.3. The number of aryl methyl sites for hydroxylation is 2. The molecule has 0 atom stereocenters. The number of hydrogen-bond acceptors (Lipinski definition) is 5. The first-order chi connectivity index (χ1) is 17.4. The van der Waals surface area contributed by atoms with Gasteiger partial charge in [0, 0.05) is 17.3 Å². The summed E-state index contributed by atoms with van der Waals surface area (Å²) in [7, 11) is 0. The number of benzene rings is 3. The van der Waals surface area contributed by atoms with Crippen molar-refractivity contribution in [1.29, 1.82) is 5.26 Å². The molecular weight excluding hydrogens is 516 g/mol. The summed E-state index contributed by atoms with van der Waals surface area (Å²) in [5.41, 5.74) is 5.98. The Morgan fingerprint density at radius 1 is 0.917 bits per heavy atom. The van der Waals surface area contributed by atoms with Gasteiger partial charge in [-0.05, 0) is 66.9 Å². The molecule has 1 heterocycles. The van der Waals surface area contributed by atoms with E-state index in [-0.39, 0.29) is 5.88 Å². The van der Waals surface area contributed by atoms with Crippen LogP contribution in [0.15, 0.2) is 74.5 Å². The smallest absolute Gasteiger partial charge is 0.238 e. The average molecular weight is 543 g/mol. The largest absolute Gasteiger partial charge is 0.490 e. The van der Waals surface area contributed by atoms with Crippen LogP contribution in [0, 0.1) is 25.2 Å². The van der Waals surface area contributed by atoms with Crippen LogP contribution in [0.25, 0.3) is 22.5 Å². The first kappa shape index (κ1) is 25.3. The summed E-state index contributed by atoms with van der Waals surface area (Å²) in [5.74, 6) is 2.14. The van der Waals surface area contributed by atoms with Crippen LogP contribution in [0.4, 0.5) is 5.88 Å². The summed E-state index contributed by atoms with van der Waals surface area (Å²) >= 11 is 3.57. The van der Waals surface area contributed by atoms with Crippen LogP contribution in [-0.4, -0.2) is 19.4 Å². The monoisotopic (exact) mass is 542 g/mol. The third-order valence-corrected chi connectivity index (χ3v) is 6.20. The van der Waals surface area contributed by atoms with Gasteiger partial charge in [-0.15, -0.1) is 0 Å². The maximum absolute atomic E-state index is 10.1. The standard InChI is InChI=1S/C30H27BrN2O3/c1-5-34-26-16-21(15-25(31)29(26)35-6-2)18-33-30-24(17-32)27(22-11-7-19(3)8-12-22)28(36-30)23-13-9-20(4)10-14-23/h7-16,18H,5-6H2,1-4H3. The van der Waals surface area contributed by atoms with Gasteiger partial charge >= 0.3 is 0 Å². The Hall–Kier alpha value is -3.82. The van der Waals surface area contributed by atoms with Gasteiger partial charge in [-0.2, -0.15) is 5.26 Å². The Morgan fingerprint density at radius 3 is 2.11 bits per heavy atom. The topological polar surface area (TPSA) is 67.8 Å². The Bertz CT molecular complexity index is 1430. The summed E-state index contributed by atoms with van der Waals surface area (Å²) in [6, 6.07) is 22.2. The highest BCUT2D eigenvalue weighted by molar-refractivity contribution is 9.10. The van der Waals surface area contributed by atoms with E-state index < -0.39 is 0 Å². The number of nitrogens with zero attached hydrogens (tertiary/aromatic N) is 2. The predicted octanol–water partition coefficient (Wildman–Crippen LogP) is 8.41. The fourth-order valence-electron chi connectivity index (χ4n) is 3.86. The van der Waals surface area contributed by atoms with Gasteiger partial charge in [0.15, 0.2) is 11.5 Å². The highest BCUT2D eigenvalue weighted by atomic mass is 79.9. The van der Waals surface area contributed by atoms with Gasteiger partial charge in [0.2, 0.25) is 5.88 Å². The molecule has 0 aliphatic heterocycles. The Morgan fingerprint density at radius 2 is 1.53 bits per heavy atom. The molecule has 0 bridgehead atoms. The molecule has 0 radical (unpaired) electrons. The molecule has 0 aliphatic rings. The lowest BCUT2D eigenvalue weighted by Gasteiger charge is -2.13. The van der Waals surface area contributed by atoms with Crippen LogP contribution >= 0.6 is 15.9 Å². The van der Waals surface area contributed by atoms with E-state index in [1.165, 1.54) is 0 Å². The predicted molar refractivity (Wildman–Crippen MR) is 148 cm³/mol. The van der Waals surface area contributed by atoms with Crippen molar-refractivity contribution in [3.63, 3.8) is 0 Å². The van der Waals surface area contributed by atoms with Gasteiger partial charge < -0.3 is 13.9 Å². The molecule has 5 nitrogen and oxygen atoms in total. The summed E-state index contributed by atoms with van der Waals surface area (Å²) in [6.07, 6.45) is 1.67. The third-order valence-electron chi connectivity index (χ3n) is 5.61. The second-order valence-corrected chi connectivity index (χ2v) is 9.14. The maximum Gasteiger partial charge on any atom is 0.238 e. The summed E-state index contributed by atoms with van der Waals surface area (Å²) in [4.78, 5) is 4.60. The zero-order chi connectivity index (χ0) is 25.7. The van der Waals surface area contributed by atoms with Crippen molar-refractivity contribution < 1.29 is 13.9 Å². The van der Waals surface area contributed by atoms with Crippen molar-refractivity contribution in [2.75, 3.05) is 13.2 Å². The molecule has 4 aromatic rings. The van der Waals surface area contributed by atoms with Gasteiger partial charge in [-0.1, -0.05) is 59.7 Å². The van der Waals surface area contributed by atoms with E-state index in [0.29, 0.717) is 36.0 Å². The molecule has 0 N–H and O–H groups in total. The van der Waals surface area contributed by atoms with Crippen molar-refractivity contribution in [1.82, 2.24) is 0 Å². The average Bonchev–Trinajstić information content (AvgIpc) is 3.24. The van der Waals surface area contributed by atoms with Crippen molar-refractivity contribution in [3.8, 4) is 40.0 Å². The molecule has 0 amide bonds. The fourth-order valence-corrected chi connectivity index (χ4v) is 4.43. The summed E-state index contributed by atoms with van der Waals surface area (Å²) < 4.78 is 18.5. The van der Waals surface area contributed by atoms with Crippen LogP contribution in [0.2, 0.25) is 0 Å². The minimum atomic E-state index is 0.256. The molecule has 0 aliphatic carbocycles. The third kappa shape index (κ3) is 5.37. The molecule has 0 saturated heterocycles. The normalized spacial score (nSPS) is 11.0. The number of halogens is 1. The van der Waals surface area contributed by atoms with Crippen LogP contribution in [0.1, 0.15) is 36.1 Å². The van der Waals surface area contributed by atoms with Crippen molar-refractivity contribution in [2.45, 2.75) is 27.7 Å². The summed E-state index contributed by atoms with van der Waals surface area (Å²) in [5, 5.41) is 10.1. The Labute approximate surface area is 220 Å². The van der Waals surface area contributed by atoms with E-state index >= 15 is 0 Å². The maximum atomic E-state index is 10.1. The van der Waals surface area contributed by atoms with Crippen LogP contribution in [0.5, 0.6) is 11.5 Å². The minimum absolute atomic E-state index is 0.256. The van der Waals surface area contributed by atoms with E-state index in [4.69, 9.17) is 13.9 Å². The van der Waals surface area contributed by atoms with E-state index in [0.717, 1.165) is 37.9 Å². The molecule has 0 fully saturated rings. The SMILES string of the molecule is CCOc1cc(C=Nc2oc(-c3ccc(C)cc3)c(-c3ccc(C)cc3)c2C#N)cc(Br)c1OCC. The minimum Gasteiger partial charge on any atom is -0.490 e. The number of nitriles is 1. The van der Waals surface area contributed by atoms with E-state index in [1.54, 1.807) is 6.21 Å². The lowest BCUT2D eigenvalue weighted by atomic mass is 9.97. The van der Waals surface area contributed by atoms with Crippen molar-refractivity contribution in [3.05, 3.63) is 87.4 Å². The van der Waals surface area contributed by atoms with Gasteiger partial charge in [0.05, 0.1) is 17.7 Å². The molecule has 0 unspecified atom stereocenters. The van der Waals surface area contributed by atoms with Crippen molar-refractivity contribution in [2.24, 2.45) is 4.99 Å². The zero-order valence-electron chi connectivity index (χ0n) is 20.8. The van der Waals surface area contributed by atoms with Crippen molar-refractivity contribution >= 4 is 28.0 Å². The quantitative estimate of drug-likeness (QED) is 0.209. The highest BCUT2D eigenvalue weighted by Gasteiger charge is 2.23. The molecule has 3 aromatic carbocycles. The number of ether oxygens (including phenoxy) is 2. The number of rotatable bonds is 8. The van der Waals surface area contributed by atoms with Crippen LogP contribution in [0.3, 0.4) is 0 Å². The van der Waals surface area contributed by atoms with E-state index in [2.05, 4.69) is 27.0 Å². The van der Waals surface area contributed by atoms with Gasteiger partial charge in [0.25, 0.3) is 0 Å². The molecular formula is C30H27BrN2O3. The Balaban J connectivity index is 1.83. The second-order valence-electron chi connectivity index (χ2n) is 8.28.